The van der Waals surface area contributed by atoms with E-state index in [-0.39, 0.29) is 11.9 Å². The summed E-state index contributed by atoms with van der Waals surface area (Å²) in [4.78, 5) is 46.7. The van der Waals surface area contributed by atoms with Gasteiger partial charge in [-0.1, -0.05) is 19.3 Å². The third kappa shape index (κ3) is 7.27. The van der Waals surface area contributed by atoms with Crippen LogP contribution in [0.4, 0.5) is 0 Å². The third-order valence-electron chi connectivity index (χ3n) is 5.06. The van der Waals surface area contributed by atoms with E-state index in [2.05, 4.69) is 0 Å². The van der Waals surface area contributed by atoms with Crippen molar-refractivity contribution < 1.29 is 47.1 Å². The minimum absolute atomic E-state index is 0.186. The second kappa shape index (κ2) is 11.6. The van der Waals surface area contributed by atoms with Gasteiger partial charge in [-0.15, -0.1) is 0 Å². The molecule has 0 aromatic rings. The molecular weight excluding hydrogens is 432 g/mol. The largest absolute Gasteiger partial charge is 0.463 e. The van der Waals surface area contributed by atoms with Crippen LogP contribution in [0.5, 0.6) is 0 Å². The van der Waals surface area contributed by atoms with Gasteiger partial charge in [0.25, 0.3) is 0 Å². The molecule has 176 valence electrons. The van der Waals surface area contributed by atoms with Crippen molar-refractivity contribution in [3.63, 3.8) is 0 Å². The maximum absolute atomic E-state index is 13.4. The summed E-state index contributed by atoms with van der Waals surface area (Å²) in [7, 11) is -1.61. The van der Waals surface area contributed by atoms with E-state index in [1.807, 2.05) is 0 Å². The smallest absolute Gasteiger partial charge is 0.303 e. The summed E-state index contributed by atoms with van der Waals surface area (Å²) >= 11 is 0. The Bertz CT molecular complexity index is 702. The first-order chi connectivity index (χ1) is 14.6. The molecule has 1 aliphatic heterocycles. The van der Waals surface area contributed by atoms with Gasteiger partial charge in [-0.3, -0.25) is 23.4 Å². The van der Waals surface area contributed by atoms with Gasteiger partial charge in [0.1, 0.15) is 12.7 Å². The summed E-state index contributed by atoms with van der Waals surface area (Å²) in [5.74, 6) is -2.71. The first kappa shape index (κ1) is 25.3. The summed E-state index contributed by atoms with van der Waals surface area (Å²) < 4.78 is 40.5. The Morgan fingerprint density at radius 3 is 1.81 bits per heavy atom. The van der Waals surface area contributed by atoms with E-state index in [0.717, 1.165) is 52.9 Å². The van der Waals surface area contributed by atoms with Crippen LogP contribution in [0.3, 0.4) is 0 Å². The quantitative estimate of drug-likeness (QED) is 0.401. The van der Waals surface area contributed by atoms with Crippen LogP contribution in [0.1, 0.15) is 59.8 Å². The van der Waals surface area contributed by atoms with Crippen LogP contribution < -0.4 is 0 Å². The van der Waals surface area contributed by atoms with E-state index in [9.17, 15) is 23.4 Å². The minimum Gasteiger partial charge on any atom is -0.463 e. The second-order valence-electron chi connectivity index (χ2n) is 7.66. The Labute approximate surface area is 183 Å². The molecule has 1 aliphatic carbocycles. The lowest BCUT2D eigenvalue weighted by atomic mass is 9.99. The van der Waals surface area contributed by atoms with Gasteiger partial charge >= 0.3 is 23.9 Å². The molecular formula is C20H30O10S. The molecule has 0 spiro atoms. The van der Waals surface area contributed by atoms with Gasteiger partial charge in [0, 0.05) is 32.9 Å². The first-order valence-corrected chi connectivity index (χ1v) is 11.6. The summed E-state index contributed by atoms with van der Waals surface area (Å²) in [6.45, 7) is 4.35. The highest BCUT2D eigenvalue weighted by atomic mass is 32.2. The molecule has 0 bridgehead atoms. The molecule has 31 heavy (non-hydrogen) atoms. The zero-order valence-corrected chi connectivity index (χ0v) is 19.0. The zero-order valence-electron chi connectivity index (χ0n) is 18.2. The molecule has 2 aliphatic rings. The maximum Gasteiger partial charge on any atom is 0.303 e. The molecule has 0 N–H and O–H groups in total. The SMILES string of the molecule is CC(=O)OC[C@H]1O[C@@H](S(=O)C2CCCCC2)[C@H](OC(C)=O)[C@@H](OC(C)=O)[C@@H]1OC(C)=O. The van der Waals surface area contributed by atoms with Crippen LogP contribution in [0, 0.1) is 0 Å². The molecule has 2 rings (SSSR count). The van der Waals surface area contributed by atoms with Crippen molar-refractivity contribution >= 4 is 34.7 Å². The monoisotopic (exact) mass is 462 g/mol. The number of hydrogen-bond acceptors (Lipinski definition) is 10. The Hall–Kier alpha value is -2.01. The lowest BCUT2D eigenvalue weighted by Gasteiger charge is -2.44. The predicted molar refractivity (Wildman–Crippen MR) is 107 cm³/mol. The van der Waals surface area contributed by atoms with Crippen LogP contribution >= 0.6 is 0 Å². The van der Waals surface area contributed by atoms with E-state index in [0.29, 0.717) is 0 Å². The van der Waals surface area contributed by atoms with Crippen LogP contribution in [0.15, 0.2) is 0 Å². The lowest BCUT2D eigenvalue weighted by molar-refractivity contribution is -0.238. The number of carbonyl (C=O) groups is 4. The number of carbonyl (C=O) groups excluding carboxylic acids is 4. The van der Waals surface area contributed by atoms with Crippen LogP contribution in [0.25, 0.3) is 0 Å². The zero-order chi connectivity index (χ0) is 23.1. The molecule has 1 heterocycles. The number of hydrogen-bond donors (Lipinski definition) is 0. The molecule has 10 nitrogen and oxygen atoms in total. The standard InChI is InChI=1S/C20H30O10S/c1-11(21)26-10-16-17(27-12(2)22)18(28-13(3)23)19(29-14(4)24)20(30-16)31(25)15-8-6-5-7-9-15/h15-20H,5-10H2,1-4H3/t16-,17-,18+,19-,20+,31?/m1/s1. The van der Waals surface area contributed by atoms with Gasteiger partial charge in [0.2, 0.25) is 0 Å². The average Bonchev–Trinajstić information content (AvgIpc) is 2.68. The van der Waals surface area contributed by atoms with Crippen molar-refractivity contribution in [2.24, 2.45) is 0 Å². The Balaban J connectivity index is 2.43. The fourth-order valence-electron chi connectivity index (χ4n) is 3.86. The molecule has 0 amide bonds. The third-order valence-corrected chi connectivity index (χ3v) is 7.02. The van der Waals surface area contributed by atoms with Gasteiger partial charge < -0.3 is 23.7 Å². The summed E-state index contributed by atoms with van der Waals surface area (Å²) in [5, 5.41) is -0.186. The van der Waals surface area contributed by atoms with E-state index in [1.54, 1.807) is 0 Å². The normalized spacial score (nSPS) is 30.0. The summed E-state index contributed by atoms with van der Waals surface area (Å²) in [5.41, 5.74) is -1.15. The van der Waals surface area contributed by atoms with Gasteiger partial charge in [-0.2, -0.15) is 0 Å². The highest BCUT2D eigenvalue weighted by Crippen LogP contribution is 2.34. The van der Waals surface area contributed by atoms with E-state index in [1.165, 1.54) is 6.92 Å². The average molecular weight is 463 g/mol. The highest BCUT2D eigenvalue weighted by molar-refractivity contribution is 7.86. The topological polar surface area (TPSA) is 132 Å². The minimum atomic E-state index is -1.61. The summed E-state index contributed by atoms with van der Waals surface area (Å²) in [6.07, 6.45) is -0.514. The summed E-state index contributed by atoms with van der Waals surface area (Å²) in [6, 6.07) is 0. The fourth-order valence-corrected chi connectivity index (χ4v) is 5.77. The maximum atomic E-state index is 13.4. The Morgan fingerprint density at radius 1 is 0.774 bits per heavy atom. The van der Waals surface area contributed by atoms with Crippen molar-refractivity contribution in [1.29, 1.82) is 0 Å². The molecule has 6 atom stereocenters. The van der Waals surface area contributed by atoms with Crippen molar-refractivity contribution in [2.75, 3.05) is 6.61 Å². The van der Waals surface area contributed by atoms with Crippen LogP contribution in [-0.2, 0) is 53.7 Å². The molecule has 1 saturated carbocycles. The van der Waals surface area contributed by atoms with E-state index >= 15 is 0 Å². The lowest BCUT2D eigenvalue weighted by Crippen LogP contribution is -2.63. The molecule has 2 fully saturated rings. The molecule has 11 heteroatoms. The van der Waals surface area contributed by atoms with E-state index < -0.39 is 64.5 Å². The van der Waals surface area contributed by atoms with Crippen molar-refractivity contribution in [3.05, 3.63) is 0 Å². The van der Waals surface area contributed by atoms with Crippen molar-refractivity contribution in [3.8, 4) is 0 Å². The predicted octanol–water partition coefficient (Wildman–Crippen LogP) is 1.15. The Morgan fingerprint density at radius 2 is 1.29 bits per heavy atom. The van der Waals surface area contributed by atoms with Gasteiger partial charge in [0.05, 0.1) is 10.8 Å². The molecule has 1 unspecified atom stereocenters. The Kier molecular flexibility index (Phi) is 9.42. The number of ether oxygens (including phenoxy) is 5. The van der Waals surface area contributed by atoms with E-state index in [4.69, 9.17) is 23.7 Å². The highest BCUT2D eigenvalue weighted by Gasteiger charge is 2.54. The van der Waals surface area contributed by atoms with Crippen LogP contribution in [-0.4, -0.2) is 69.8 Å². The van der Waals surface area contributed by atoms with Gasteiger partial charge in [-0.25, -0.2) is 0 Å². The number of esters is 4. The van der Waals surface area contributed by atoms with Gasteiger partial charge in [0.15, 0.2) is 23.7 Å². The first-order valence-electron chi connectivity index (χ1n) is 10.3. The number of rotatable bonds is 7. The van der Waals surface area contributed by atoms with Crippen LogP contribution in [0.2, 0.25) is 0 Å². The molecule has 0 radical (unpaired) electrons. The fraction of sp³-hybridized carbons (Fsp3) is 0.800. The second-order valence-corrected chi connectivity index (χ2v) is 9.44. The van der Waals surface area contributed by atoms with Crippen molar-refractivity contribution in [1.82, 2.24) is 0 Å². The van der Waals surface area contributed by atoms with Gasteiger partial charge in [-0.05, 0) is 12.8 Å². The molecule has 1 saturated heterocycles. The molecule has 0 aromatic carbocycles. The van der Waals surface area contributed by atoms with Crippen molar-refractivity contribution in [2.45, 2.75) is 94.9 Å². The molecule has 0 aromatic heterocycles.